The van der Waals surface area contributed by atoms with Gasteiger partial charge in [-0.1, -0.05) is 23.9 Å². The van der Waals surface area contributed by atoms with E-state index < -0.39 is 0 Å². The van der Waals surface area contributed by atoms with Crippen molar-refractivity contribution in [1.29, 1.82) is 0 Å². The molecular weight excluding hydrogens is 250 g/mol. The molecule has 0 bridgehead atoms. The summed E-state index contributed by atoms with van der Waals surface area (Å²) in [5.74, 6) is 5.75. The van der Waals surface area contributed by atoms with E-state index in [2.05, 4.69) is 10.4 Å². The number of para-hydroxylation sites is 2. The lowest BCUT2D eigenvalue weighted by atomic mass is 10.2. The zero-order valence-electron chi connectivity index (χ0n) is 9.89. The number of hydrogen-bond donors (Lipinski definition) is 2. The number of fused-ring (bicyclic) bond motifs is 1. The number of thioether (sulfide) groups is 1. The molecule has 0 aliphatic rings. The standard InChI is InChI=1S/C12H15N3O2S/c13-15-11(16)7-3-4-8-18-12-14-9-5-1-2-6-10(9)17-12/h1-2,5-6H,3-4,7-8,13H2,(H,15,16). The summed E-state index contributed by atoms with van der Waals surface area (Å²) in [6, 6.07) is 7.69. The van der Waals surface area contributed by atoms with Crippen LogP contribution in [0.5, 0.6) is 0 Å². The minimum Gasteiger partial charge on any atom is -0.431 e. The molecule has 0 unspecified atom stereocenters. The van der Waals surface area contributed by atoms with Gasteiger partial charge < -0.3 is 4.42 Å². The van der Waals surface area contributed by atoms with E-state index in [0.29, 0.717) is 11.6 Å². The highest BCUT2D eigenvalue weighted by Gasteiger charge is 2.05. The summed E-state index contributed by atoms with van der Waals surface area (Å²) in [6.45, 7) is 0. The zero-order chi connectivity index (χ0) is 12.8. The van der Waals surface area contributed by atoms with Crippen LogP contribution in [0.1, 0.15) is 19.3 Å². The maximum absolute atomic E-state index is 10.9. The predicted octanol–water partition coefficient (Wildman–Crippen LogP) is 2.08. The first-order chi connectivity index (χ1) is 8.79. The van der Waals surface area contributed by atoms with Gasteiger partial charge in [-0.3, -0.25) is 10.2 Å². The minimum absolute atomic E-state index is 0.123. The zero-order valence-corrected chi connectivity index (χ0v) is 10.7. The van der Waals surface area contributed by atoms with E-state index in [1.165, 1.54) is 0 Å². The third kappa shape index (κ3) is 3.48. The molecule has 6 heteroatoms. The molecule has 1 amide bonds. The monoisotopic (exact) mass is 265 g/mol. The number of rotatable bonds is 6. The first-order valence-electron chi connectivity index (χ1n) is 5.77. The molecule has 0 aliphatic heterocycles. The molecule has 2 aromatic rings. The minimum atomic E-state index is -0.123. The highest BCUT2D eigenvalue weighted by Crippen LogP contribution is 2.23. The van der Waals surface area contributed by atoms with E-state index in [0.717, 1.165) is 29.7 Å². The van der Waals surface area contributed by atoms with Gasteiger partial charge in [0.25, 0.3) is 5.22 Å². The fraction of sp³-hybridized carbons (Fsp3) is 0.333. The number of amides is 1. The van der Waals surface area contributed by atoms with E-state index in [4.69, 9.17) is 10.3 Å². The number of oxazole rings is 1. The Morgan fingerprint density at radius 2 is 2.22 bits per heavy atom. The highest BCUT2D eigenvalue weighted by molar-refractivity contribution is 7.99. The van der Waals surface area contributed by atoms with E-state index in [1.807, 2.05) is 24.3 Å². The molecule has 96 valence electrons. The van der Waals surface area contributed by atoms with E-state index >= 15 is 0 Å². The second-order valence-electron chi connectivity index (χ2n) is 3.82. The number of aromatic nitrogens is 1. The smallest absolute Gasteiger partial charge is 0.256 e. The second-order valence-corrected chi connectivity index (χ2v) is 4.87. The molecule has 0 aliphatic carbocycles. The summed E-state index contributed by atoms with van der Waals surface area (Å²) in [5, 5.41) is 0.680. The normalized spacial score (nSPS) is 10.7. The van der Waals surface area contributed by atoms with E-state index in [-0.39, 0.29) is 5.91 Å². The first-order valence-corrected chi connectivity index (χ1v) is 6.76. The highest BCUT2D eigenvalue weighted by atomic mass is 32.2. The molecule has 0 saturated carbocycles. The number of hydrogen-bond acceptors (Lipinski definition) is 5. The van der Waals surface area contributed by atoms with Gasteiger partial charge in [-0.25, -0.2) is 10.8 Å². The number of benzene rings is 1. The molecule has 0 fully saturated rings. The molecule has 0 spiro atoms. The van der Waals surface area contributed by atoms with Crippen molar-refractivity contribution in [3.63, 3.8) is 0 Å². The molecule has 2 rings (SSSR count). The Kier molecular flexibility index (Phi) is 4.60. The third-order valence-corrected chi connectivity index (χ3v) is 3.37. The fourth-order valence-corrected chi connectivity index (χ4v) is 2.37. The Bertz CT molecular complexity index is 494. The molecule has 5 nitrogen and oxygen atoms in total. The number of nitrogens with zero attached hydrogens (tertiary/aromatic N) is 1. The molecule has 3 N–H and O–H groups in total. The van der Waals surface area contributed by atoms with Gasteiger partial charge >= 0.3 is 0 Å². The molecular formula is C12H15N3O2S. The lowest BCUT2D eigenvalue weighted by Crippen LogP contribution is -2.29. The topological polar surface area (TPSA) is 81.1 Å². The largest absolute Gasteiger partial charge is 0.431 e. The Labute approximate surface area is 109 Å². The van der Waals surface area contributed by atoms with Crippen molar-refractivity contribution in [2.75, 3.05) is 5.75 Å². The summed E-state index contributed by atoms with van der Waals surface area (Å²) in [4.78, 5) is 15.2. The van der Waals surface area contributed by atoms with Gasteiger partial charge in [0.2, 0.25) is 5.91 Å². The van der Waals surface area contributed by atoms with Gasteiger partial charge in [0.1, 0.15) is 5.52 Å². The molecule has 18 heavy (non-hydrogen) atoms. The lowest BCUT2D eigenvalue weighted by molar-refractivity contribution is -0.121. The van der Waals surface area contributed by atoms with Crippen LogP contribution < -0.4 is 11.3 Å². The van der Waals surface area contributed by atoms with Crippen molar-refractivity contribution < 1.29 is 9.21 Å². The Balaban J connectivity index is 1.75. The maximum atomic E-state index is 10.9. The second kappa shape index (κ2) is 6.42. The Morgan fingerprint density at radius 3 is 3.00 bits per heavy atom. The summed E-state index contributed by atoms with van der Waals surface area (Å²) in [7, 11) is 0. The van der Waals surface area contributed by atoms with Crippen molar-refractivity contribution in [2.45, 2.75) is 24.5 Å². The van der Waals surface area contributed by atoms with Gasteiger partial charge in [-0.05, 0) is 25.0 Å². The fourth-order valence-electron chi connectivity index (χ4n) is 1.53. The summed E-state index contributed by atoms with van der Waals surface area (Å²) >= 11 is 1.56. The van der Waals surface area contributed by atoms with Crippen molar-refractivity contribution in [3.05, 3.63) is 24.3 Å². The number of carbonyl (C=O) groups is 1. The quantitative estimate of drug-likeness (QED) is 0.275. The maximum Gasteiger partial charge on any atom is 0.256 e. The molecule has 1 aromatic heterocycles. The average Bonchev–Trinajstić information content (AvgIpc) is 2.80. The average molecular weight is 265 g/mol. The van der Waals surface area contributed by atoms with Crippen LogP contribution in [0.4, 0.5) is 0 Å². The van der Waals surface area contributed by atoms with Crippen LogP contribution in [0.2, 0.25) is 0 Å². The molecule has 0 saturated heterocycles. The van der Waals surface area contributed by atoms with Crippen LogP contribution in [-0.4, -0.2) is 16.6 Å². The van der Waals surface area contributed by atoms with Gasteiger partial charge in [0.15, 0.2) is 5.58 Å². The summed E-state index contributed by atoms with van der Waals surface area (Å²) in [5.41, 5.74) is 3.80. The van der Waals surface area contributed by atoms with Crippen LogP contribution in [0.25, 0.3) is 11.1 Å². The van der Waals surface area contributed by atoms with E-state index in [1.54, 1.807) is 11.8 Å². The van der Waals surface area contributed by atoms with Gasteiger partial charge in [0.05, 0.1) is 0 Å². The first kappa shape index (κ1) is 12.9. The molecule has 1 aromatic carbocycles. The molecule has 0 atom stereocenters. The van der Waals surface area contributed by atoms with Gasteiger partial charge in [-0.15, -0.1) is 0 Å². The summed E-state index contributed by atoms with van der Waals surface area (Å²) < 4.78 is 5.57. The van der Waals surface area contributed by atoms with Crippen LogP contribution in [0.3, 0.4) is 0 Å². The predicted molar refractivity (Wildman–Crippen MR) is 70.9 cm³/mol. The van der Waals surface area contributed by atoms with E-state index in [9.17, 15) is 4.79 Å². The van der Waals surface area contributed by atoms with Crippen molar-refractivity contribution in [2.24, 2.45) is 5.84 Å². The van der Waals surface area contributed by atoms with Crippen molar-refractivity contribution in [3.8, 4) is 0 Å². The third-order valence-electron chi connectivity index (χ3n) is 2.46. The Hall–Kier alpha value is -1.53. The summed E-state index contributed by atoms with van der Waals surface area (Å²) in [6.07, 6.45) is 2.21. The van der Waals surface area contributed by atoms with Crippen molar-refractivity contribution >= 4 is 28.8 Å². The molecule has 0 radical (unpaired) electrons. The number of hydrazine groups is 1. The van der Waals surface area contributed by atoms with Gasteiger partial charge in [-0.2, -0.15) is 0 Å². The SMILES string of the molecule is NNC(=O)CCCCSc1nc2ccccc2o1. The Morgan fingerprint density at radius 1 is 1.39 bits per heavy atom. The molecule has 1 heterocycles. The number of nitrogens with one attached hydrogen (secondary N) is 1. The van der Waals surface area contributed by atoms with Crippen molar-refractivity contribution in [1.82, 2.24) is 10.4 Å². The van der Waals surface area contributed by atoms with Crippen LogP contribution in [0, 0.1) is 0 Å². The van der Waals surface area contributed by atoms with Crippen LogP contribution in [-0.2, 0) is 4.79 Å². The number of unbranched alkanes of at least 4 members (excludes halogenated alkanes) is 1. The lowest BCUT2D eigenvalue weighted by Gasteiger charge is -1.98. The number of nitrogens with two attached hydrogens (primary N) is 1. The van der Waals surface area contributed by atoms with Crippen LogP contribution in [0.15, 0.2) is 33.9 Å². The number of carbonyl (C=O) groups excluding carboxylic acids is 1. The van der Waals surface area contributed by atoms with Gasteiger partial charge in [0, 0.05) is 12.2 Å². The van der Waals surface area contributed by atoms with Crippen LogP contribution >= 0.6 is 11.8 Å².